The highest BCUT2D eigenvalue weighted by molar-refractivity contribution is 6.30. The molecule has 1 amide bonds. The van der Waals surface area contributed by atoms with Crippen LogP contribution >= 0.6 is 24.0 Å². The van der Waals surface area contributed by atoms with Gasteiger partial charge < -0.3 is 11.1 Å². The molecule has 1 aromatic rings. The zero-order chi connectivity index (χ0) is 14.8. The van der Waals surface area contributed by atoms with Crippen molar-refractivity contribution in [3.63, 3.8) is 0 Å². The van der Waals surface area contributed by atoms with Gasteiger partial charge in [-0.25, -0.2) is 0 Å². The molecule has 0 spiro atoms. The second-order valence-electron chi connectivity index (χ2n) is 5.84. The van der Waals surface area contributed by atoms with Crippen molar-refractivity contribution in [1.29, 1.82) is 0 Å². The number of nitrogens with two attached hydrogens (primary N) is 1. The summed E-state index contributed by atoms with van der Waals surface area (Å²) in [6.07, 6.45) is 3.52. The van der Waals surface area contributed by atoms with Gasteiger partial charge in [0.1, 0.15) is 0 Å². The summed E-state index contributed by atoms with van der Waals surface area (Å²) in [5, 5.41) is 3.74. The van der Waals surface area contributed by atoms with Gasteiger partial charge in [0, 0.05) is 17.1 Å². The van der Waals surface area contributed by atoms with Gasteiger partial charge in [0.25, 0.3) is 0 Å². The second-order valence-corrected chi connectivity index (χ2v) is 6.28. The quantitative estimate of drug-likeness (QED) is 0.839. The summed E-state index contributed by atoms with van der Waals surface area (Å²) in [6.45, 7) is 4.65. The van der Waals surface area contributed by atoms with E-state index in [0.29, 0.717) is 11.6 Å². The molecule has 0 heterocycles. The molecule has 0 saturated heterocycles. The fraction of sp³-hybridized carbons (Fsp3) is 0.562. The van der Waals surface area contributed by atoms with Gasteiger partial charge in [0.15, 0.2) is 0 Å². The topological polar surface area (TPSA) is 55.1 Å². The zero-order valence-electron chi connectivity index (χ0n) is 12.6. The zero-order valence-corrected chi connectivity index (χ0v) is 14.2. The highest BCUT2D eigenvalue weighted by atomic mass is 35.5. The molecule has 5 heteroatoms. The summed E-state index contributed by atoms with van der Waals surface area (Å²) in [5.74, 6) is 0.0940. The summed E-state index contributed by atoms with van der Waals surface area (Å²) in [7, 11) is 0. The molecule has 2 rings (SSSR count). The third kappa shape index (κ3) is 3.91. The van der Waals surface area contributed by atoms with E-state index in [4.69, 9.17) is 17.3 Å². The van der Waals surface area contributed by atoms with E-state index in [1.807, 2.05) is 24.3 Å². The van der Waals surface area contributed by atoms with Crippen LogP contribution in [0.25, 0.3) is 0 Å². The van der Waals surface area contributed by atoms with Gasteiger partial charge in [-0.15, -0.1) is 12.4 Å². The highest BCUT2D eigenvalue weighted by Crippen LogP contribution is 2.48. The van der Waals surface area contributed by atoms with Gasteiger partial charge in [-0.3, -0.25) is 4.79 Å². The van der Waals surface area contributed by atoms with E-state index in [1.165, 1.54) is 0 Å². The number of halogens is 2. The van der Waals surface area contributed by atoms with Crippen LogP contribution < -0.4 is 11.1 Å². The lowest BCUT2D eigenvalue weighted by atomic mass is 9.92. The molecule has 1 aliphatic rings. The van der Waals surface area contributed by atoms with Crippen LogP contribution in [-0.2, 0) is 10.2 Å². The minimum atomic E-state index is -0.354. The largest absolute Gasteiger partial charge is 0.353 e. The molecule has 1 fully saturated rings. The number of carbonyl (C=O) groups is 1. The van der Waals surface area contributed by atoms with Crippen molar-refractivity contribution in [2.45, 2.75) is 50.5 Å². The van der Waals surface area contributed by atoms with Crippen LogP contribution in [0, 0.1) is 0 Å². The molecule has 0 unspecified atom stereocenters. The van der Waals surface area contributed by atoms with Gasteiger partial charge in [0.05, 0.1) is 5.41 Å². The maximum Gasteiger partial charge on any atom is 0.230 e. The Morgan fingerprint density at radius 3 is 2.24 bits per heavy atom. The molecule has 0 aliphatic heterocycles. The summed E-state index contributed by atoms with van der Waals surface area (Å²) >= 11 is 5.90. The first-order valence-electron chi connectivity index (χ1n) is 7.29. The number of amides is 1. The Hall–Kier alpha value is -0.770. The average Bonchev–Trinajstić information content (AvgIpc) is 3.27. The molecule has 0 atom stereocenters. The number of benzene rings is 1. The van der Waals surface area contributed by atoms with Crippen molar-refractivity contribution in [2.24, 2.45) is 5.73 Å². The van der Waals surface area contributed by atoms with Gasteiger partial charge in [-0.2, -0.15) is 0 Å². The Balaban J connectivity index is 0.00000220. The van der Waals surface area contributed by atoms with E-state index in [0.717, 1.165) is 31.2 Å². The van der Waals surface area contributed by atoms with Crippen LogP contribution in [0.3, 0.4) is 0 Å². The van der Waals surface area contributed by atoms with Gasteiger partial charge in [-0.1, -0.05) is 37.6 Å². The maximum absolute atomic E-state index is 12.5. The van der Waals surface area contributed by atoms with Crippen LogP contribution in [0.1, 0.15) is 45.1 Å². The first-order valence-corrected chi connectivity index (χ1v) is 7.67. The van der Waals surface area contributed by atoms with Crippen LogP contribution in [0.15, 0.2) is 24.3 Å². The third-order valence-electron chi connectivity index (χ3n) is 4.59. The summed E-state index contributed by atoms with van der Waals surface area (Å²) < 4.78 is 0. The molecule has 118 valence electrons. The van der Waals surface area contributed by atoms with E-state index in [-0.39, 0.29) is 29.3 Å². The standard InChI is InChI=1S/C16H23ClN2O.ClH/c1-3-15(18,4-2)11-19-14(20)16(9-10-16)12-5-7-13(17)8-6-12;/h5-8H,3-4,9-11,18H2,1-2H3,(H,19,20);1H. The molecule has 0 aromatic heterocycles. The van der Waals surface area contributed by atoms with E-state index in [2.05, 4.69) is 19.2 Å². The smallest absolute Gasteiger partial charge is 0.230 e. The first-order chi connectivity index (χ1) is 9.46. The molecule has 1 saturated carbocycles. The lowest BCUT2D eigenvalue weighted by Gasteiger charge is -2.28. The SMILES string of the molecule is CCC(N)(CC)CNC(=O)C1(c2ccc(Cl)cc2)CC1.Cl. The summed E-state index contributed by atoms with van der Waals surface area (Å²) in [5.41, 5.74) is 6.63. The fourth-order valence-electron chi connectivity index (χ4n) is 2.47. The molecule has 1 aliphatic carbocycles. The van der Waals surface area contributed by atoms with Crippen molar-refractivity contribution < 1.29 is 4.79 Å². The Bertz CT molecular complexity index is 480. The van der Waals surface area contributed by atoms with E-state index in [1.54, 1.807) is 0 Å². The predicted molar refractivity (Wildman–Crippen MR) is 90.1 cm³/mol. The van der Waals surface area contributed by atoms with Crippen LogP contribution in [0.5, 0.6) is 0 Å². The molecule has 0 radical (unpaired) electrons. The van der Waals surface area contributed by atoms with Gasteiger partial charge >= 0.3 is 0 Å². The van der Waals surface area contributed by atoms with E-state index >= 15 is 0 Å². The molecule has 1 aromatic carbocycles. The van der Waals surface area contributed by atoms with E-state index < -0.39 is 0 Å². The minimum Gasteiger partial charge on any atom is -0.353 e. The Morgan fingerprint density at radius 2 is 1.81 bits per heavy atom. The fourth-order valence-corrected chi connectivity index (χ4v) is 2.59. The Kier molecular flexibility index (Phi) is 6.09. The molecular weight excluding hydrogens is 307 g/mol. The van der Waals surface area contributed by atoms with Crippen molar-refractivity contribution in [2.75, 3.05) is 6.54 Å². The van der Waals surface area contributed by atoms with E-state index in [9.17, 15) is 4.79 Å². The minimum absolute atomic E-state index is 0. The average molecular weight is 331 g/mol. The predicted octanol–water partition coefficient (Wildman–Crippen LogP) is 3.43. The molecule has 0 bridgehead atoms. The molecule has 21 heavy (non-hydrogen) atoms. The normalized spacial score (nSPS) is 16.0. The number of hydrogen-bond acceptors (Lipinski definition) is 2. The van der Waals surface area contributed by atoms with Crippen LogP contribution in [-0.4, -0.2) is 18.0 Å². The summed E-state index contributed by atoms with van der Waals surface area (Å²) in [4.78, 5) is 12.5. The Labute approximate surface area is 138 Å². The number of nitrogens with one attached hydrogen (secondary N) is 1. The lowest BCUT2D eigenvalue weighted by molar-refractivity contribution is -0.123. The number of hydrogen-bond donors (Lipinski definition) is 2. The number of rotatable bonds is 6. The lowest BCUT2D eigenvalue weighted by Crippen LogP contribution is -2.51. The first kappa shape index (κ1) is 18.3. The highest BCUT2D eigenvalue weighted by Gasteiger charge is 2.51. The monoisotopic (exact) mass is 330 g/mol. The third-order valence-corrected chi connectivity index (χ3v) is 4.84. The van der Waals surface area contributed by atoms with Gasteiger partial charge in [-0.05, 0) is 43.4 Å². The van der Waals surface area contributed by atoms with Crippen LogP contribution in [0.4, 0.5) is 0 Å². The maximum atomic E-state index is 12.5. The molecule has 3 nitrogen and oxygen atoms in total. The Morgan fingerprint density at radius 1 is 1.29 bits per heavy atom. The molecule has 3 N–H and O–H groups in total. The van der Waals surface area contributed by atoms with Gasteiger partial charge in [0.2, 0.25) is 5.91 Å². The number of carbonyl (C=O) groups excluding carboxylic acids is 1. The summed E-state index contributed by atoms with van der Waals surface area (Å²) in [6, 6.07) is 7.58. The van der Waals surface area contributed by atoms with Crippen molar-refractivity contribution in [3.8, 4) is 0 Å². The molecular formula is C16H24Cl2N2O. The van der Waals surface area contributed by atoms with Crippen molar-refractivity contribution >= 4 is 29.9 Å². The van der Waals surface area contributed by atoms with Crippen molar-refractivity contribution in [1.82, 2.24) is 5.32 Å². The second kappa shape index (κ2) is 6.99. The van der Waals surface area contributed by atoms with Crippen LogP contribution in [0.2, 0.25) is 5.02 Å². The van der Waals surface area contributed by atoms with Crippen molar-refractivity contribution in [3.05, 3.63) is 34.9 Å².